The summed E-state index contributed by atoms with van der Waals surface area (Å²) in [6.45, 7) is 0. The summed E-state index contributed by atoms with van der Waals surface area (Å²) in [7, 11) is 0. The first-order chi connectivity index (χ1) is 5.77. The molecule has 1 atom stereocenters. The highest BCUT2D eigenvalue weighted by Crippen LogP contribution is 2.22. The second-order valence-corrected chi connectivity index (χ2v) is 2.92. The van der Waals surface area contributed by atoms with Gasteiger partial charge in [-0.1, -0.05) is 0 Å². The number of amidine groups is 1. The second-order valence-electron chi connectivity index (χ2n) is 2.20. The van der Waals surface area contributed by atoms with E-state index in [4.69, 9.17) is 10.5 Å². The molecule has 2 rings (SSSR count). The molecule has 1 amide bonds. The van der Waals surface area contributed by atoms with Crippen LogP contribution in [0.5, 0.6) is 0 Å². The molecular formula is C6H5N3O2S. The van der Waals surface area contributed by atoms with Crippen molar-refractivity contribution in [2.75, 3.05) is 0 Å². The van der Waals surface area contributed by atoms with Crippen molar-refractivity contribution in [2.45, 2.75) is 6.10 Å². The van der Waals surface area contributed by atoms with Gasteiger partial charge < -0.3 is 10.5 Å². The van der Waals surface area contributed by atoms with Crippen LogP contribution in [-0.2, 0) is 9.53 Å². The Hall–Kier alpha value is -1.43. The lowest BCUT2D eigenvalue weighted by molar-refractivity contribution is -0.123. The number of amides is 1. The summed E-state index contributed by atoms with van der Waals surface area (Å²) in [5.74, 6) is -0.390. The normalized spacial score (nSPS) is 22.2. The number of hydrogen-bond acceptors (Lipinski definition) is 5. The number of ether oxygens (including phenoxy) is 1. The van der Waals surface area contributed by atoms with E-state index >= 15 is 0 Å². The van der Waals surface area contributed by atoms with Gasteiger partial charge >= 0.3 is 0 Å². The molecule has 1 aromatic heterocycles. The van der Waals surface area contributed by atoms with E-state index in [1.54, 1.807) is 10.9 Å². The Bertz CT molecular complexity index is 333. The van der Waals surface area contributed by atoms with Crippen LogP contribution >= 0.6 is 11.3 Å². The fourth-order valence-electron chi connectivity index (χ4n) is 0.903. The van der Waals surface area contributed by atoms with Crippen molar-refractivity contribution >= 4 is 23.3 Å². The molecule has 12 heavy (non-hydrogen) atoms. The molecule has 0 saturated heterocycles. The van der Waals surface area contributed by atoms with E-state index in [0.717, 1.165) is 0 Å². The van der Waals surface area contributed by atoms with Crippen LogP contribution in [0.3, 0.4) is 0 Å². The van der Waals surface area contributed by atoms with Crippen molar-refractivity contribution in [3.8, 4) is 0 Å². The second kappa shape index (κ2) is 2.56. The van der Waals surface area contributed by atoms with Gasteiger partial charge in [-0.3, -0.25) is 4.79 Å². The number of carbonyl (C=O) groups is 1. The van der Waals surface area contributed by atoms with Crippen LogP contribution in [-0.4, -0.2) is 16.9 Å². The molecule has 1 aromatic rings. The zero-order valence-electron chi connectivity index (χ0n) is 5.93. The van der Waals surface area contributed by atoms with Gasteiger partial charge in [0.15, 0.2) is 0 Å². The first kappa shape index (κ1) is 7.23. The Balaban J connectivity index is 2.25. The van der Waals surface area contributed by atoms with E-state index in [0.29, 0.717) is 5.69 Å². The Morgan fingerprint density at radius 1 is 1.67 bits per heavy atom. The van der Waals surface area contributed by atoms with Crippen LogP contribution < -0.4 is 5.73 Å². The summed E-state index contributed by atoms with van der Waals surface area (Å²) in [5, 5.41) is 1.73. The molecule has 0 saturated carbocycles. The van der Waals surface area contributed by atoms with E-state index in [9.17, 15) is 4.79 Å². The van der Waals surface area contributed by atoms with Gasteiger partial charge in [0.05, 0.1) is 5.51 Å². The molecule has 0 fully saturated rings. The van der Waals surface area contributed by atoms with Gasteiger partial charge in [0.2, 0.25) is 6.10 Å². The third kappa shape index (κ3) is 1.06. The van der Waals surface area contributed by atoms with Crippen LogP contribution in [0.1, 0.15) is 11.8 Å². The molecule has 5 nitrogen and oxygen atoms in total. The Morgan fingerprint density at radius 3 is 3.00 bits per heavy atom. The third-order valence-electron chi connectivity index (χ3n) is 1.40. The predicted octanol–water partition coefficient (Wildman–Crippen LogP) is 0.0557. The summed E-state index contributed by atoms with van der Waals surface area (Å²) in [6, 6.07) is -0.0852. The fourth-order valence-corrected chi connectivity index (χ4v) is 1.47. The summed E-state index contributed by atoms with van der Waals surface area (Å²) in [5.41, 5.74) is 7.39. The zero-order valence-corrected chi connectivity index (χ0v) is 6.75. The van der Waals surface area contributed by atoms with Gasteiger partial charge in [-0.2, -0.15) is 4.99 Å². The molecule has 2 N–H and O–H groups in total. The van der Waals surface area contributed by atoms with E-state index in [2.05, 4.69) is 9.98 Å². The number of aromatic nitrogens is 1. The van der Waals surface area contributed by atoms with Crippen molar-refractivity contribution < 1.29 is 9.53 Å². The average molecular weight is 183 g/mol. The van der Waals surface area contributed by atoms with Crippen molar-refractivity contribution in [1.29, 1.82) is 0 Å². The van der Waals surface area contributed by atoms with Gasteiger partial charge in [0.1, 0.15) is 5.69 Å². The van der Waals surface area contributed by atoms with Crippen LogP contribution in [0.25, 0.3) is 0 Å². The van der Waals surface area contributed by atoms with Gasteiger partial charge in [-0.15, -0.1) is 11.3 Å². The van der Waals surface area contributed by atoms with Crippen molar-refractivity contribution in [3.63, 3.8) is 0 Å². The number of rotatable bonds is 1. The van der Waals surface area contributed by atoms with Crippen molar-refractivity contribution in [2.24, 2.45) is 10.7 Å². The molecule has 0 aliphatic carbocycles. The lowest BCUT2D eigenvalue weighted by Crippen LogP contribution is -2.14. The lowest BCUT2D eigenvalue weighted by Gasteiger charge is -2.03. The standard InChI is InChI=1S/C6H5N3O2S/c7-6-9-5(10)4(11-6)3-1-12-2-8-3/h1-2,4H,(H2,7,9,10). The monoisotopic (exact) mass is 183 g/mol. The smallest absolute Gasteiger partial charge is 0.297 e. The number of hydrogen-bond donors (Lipinski definition) is 1. The summed E-state index contributed by atoms with van der Waals surface area (Å²) < 4.78 is 4.94. The Kier molecular flexibility index (Phi) is 1.54. The highest BCUT2D eigenvalue weighted by Gasteiger charge is 2.30. The maximum atomic E-state index is 11.1. The lowest BCUT2D eigenvalue weighted by atomic mass is 10.3. The van der Waals surface area contributed by atoms with Crippen molar-refractivity contribution in [1.82, 2.24) is 4.98 Å². The number of nitrogens with zero attached hydrogens (tertiary/aromatic N) is 2. The quantitative estimate of drug-likeness (QED) is 0.667. The summed E-state index contributed by atoms with van der Waals surface area (Å²) in [6.07, 6.45) is -0.726. The highest BCUT2D eigenvalue weighted by molar-refractivity contribution is 7.07. The minimum atomic E-state index is -0.726. The number of thiazole rings is 1. The maximum absolute atomic E-state index is 11.1. The Labute approximate surface area is 71.9 Å². The molecule has 0 aromatic carbocycles. The minimum absolute atomic E-state index is 0.0852. The molecule has 62 valence electrons. The number of nitrogens with two attached hydrogens (primary N) is 1. The molecule has 1 aliphatic rings. The molecule has 0 bridgehead atoms. The number of carbonyl (C=O) groups excluding carboxylic acids is 1. The van der Waals surface area contributed by atoms with Gasteiger partial charge in [0, 0.05) is 5.38 Å². The third-order valence-corrected chi connectivity index (χ3v) is 2.01. The molecule has 6 heteroatoms. The Morgan fingerprint density at radius 2 is 2.50 bits per heavy atom. The van der Waals surface area contributed by atoms with Gasteiger partial charge in [0.25, 0.3) is 11.9 Å². The average Bonchev–Trinajstić information content (AvgIpc) is 2.58. The molecule has 2 heterocycles. The van der Waals surface area contributed by atoms with Crippen molar-refractivity contribution in [3.05, 3.63) is 16.6 Å². The summed E-state index contributed by atoms with van der Waals surface area (Å²) >= 11 is 1.39. The highest BCUT2D eigenvalue weighted by atomic mass is 32.1. The largest absolute Gasteiger partial charge is 0.445 e. The fraction of sp³-hybridized carbons (Fsp3) is 0.167. The van der Waals surface area contributed by atoms with Crippen LogP contribution in [0.2, 0.25) is 0 Å². The first-order valence-corrected chi connectivity index (χ1v) is 4.14. The molecular weight excluding hydrogens is 178 g/mol. The van der Waals surface area contributed by atoms with Gasteiger partial charge in [-0.05, 0) is 0 Å². The topological polar surface area (TPSA) is 77.6 Å². The predicted molar refractivity (Wildman–Crippen MR) is 42.6 cm³/mol. The molecule has 1 unspecified atom stereocenters. The van der Waals surface area contributed by atoms with Crippen LogP contribution in [0.4, 0.5) is 0 Å². The molecule has 1 aliphatic heterocycles. The van der Waals surface area contributed by atoms with E-state index < -0.39 is 12.0 Å². The maximum Gasteiger partial charge on any atom is 0.297 e. The number of aliphatic imine (C=N–C) groups is 1. The van der Waals surface area contributed by atoms with E-state index in [-0.39, 0.29) is 6.02 Å². The first-order valence-electron chi connectivity index (χ1n) is 3.20. The minimum Gasteiger partial charge on any atom is -0.445 e. The van der Waals surface area contributed by atoms with Gasteiger partial charge in [-0.25, -0.2) is 4.98 Å². The SMILES string of the molecule is NC1=NC(=O)C(c2cscn2)O1. The van der Waals surface area contributed by atoms with E-state index in [1.807, 2.05) is 0 Å². The van der Waals surface area contributed by atoms with E-state index in [1.165, 1.54) is 11.3 Å². The summed E-state index contributed by atoms with van der Waals surface area (Å²) in [4.78, 5) is 18.4. The zero-order chi connectivity index (χ0) is 8.55. The van der Waals surface area contributed by atoms with Crippen LogP contribution in [0.15, 0.2) is 15.9 Å². The van der Waals surface area contributed by atoms with Crippen LogP contribution in [0, 0.1) is 0 Å². The molecule has 0 radical (unpaired) electrons. The molecule has 0 spiro atoms.